The zero-order valence-electron chi connectivity index (χ0n) is 14.7. The van der Waals surface area contributed by atoms with Crippen molar-refractivity contribution < 1.29 is 22.7 Å². The molecule has 0 atom stereocenters. The largest absolute Gasteiger partial charge is 0.478 e. The molecule has 2 N–H and O–H groups in total. The lowest BCUT2D eigenvalue weighted by Crippen LogP contribution is -2.44. The van der Waals surface area contributed by atoms with Crippen LogP contribution in [0.15, 0.2) is 47.4 Å². The van der Waals surface area contributed by atoms with E-state index in [0.717, 1.165) is 25.2 Å². The number of nitrogens with one attached hydrogen (secondary N) is 1. The average Bonchev–Trinajstić information content (AvgIpc) is 2.62. The number of hydrogen-bond acceptors (Lipinski definition) is 5. The van der Waals surface area contributed by atoms with E-state index >= 15 is 0 Å². The first-order chi connectivity index (χ1) is 12.8. The number of carboxylic acids is 1. The summed E-state index contributed by atoms with van der Waals surface area (Å²) in [6, 6.07) is 8.97. The van der Waals surface area contributed by atoms with Crippen molar-refractivity contribution in [2.75, 3.05) is 42.8 Å². The Morgan fingerprint density at radius 2 is 1.81 bits per heavy atom. The number of aromatic carboxylic acids is 1. The van der Waals surface area contributed by atoms with Gasteiger partial charge >= 0.3 is 5.97 Å². The van der Waals surface area contributed by atoms with E-state index in [-0.39, 0.29) is 16.1 Å². The van der Waals surface area contributed by atoms with Crippen LogP contribution in [-0.2, 0) is 10.0 Å². The molecule has 0 amide bonds. The molecule has 0 bridgehead atoms. The standard InChI is InChI=1S/C18H20FN3O4S/c1-21-7-9-22(10-8-21)17-6-5-13(18(23)24)11-16(17)20-27(25,26)15-4-2-3-14(19)12-15/h2-6,11-12,20H,7-10H2,1H3,(H,23,24). The number of carboxylic acid groups (broad SMARTS) is 1. The van der Waals surface area contributed by atoms with Crippen molar-refractivity contribution in [2.45, 2.75) is 4.90 Å². The van der Waals surface area contributed by atoms with Crippen LogP contribution < -0.4 is 9.62 Å². The van der Waals surface area contributed by atoms with E-state index in [1.165, 1.54) is 24.3 Å². The third-order valence-corrected chi connectivity index (χ3v) is 5.80. The molecule has 0 aliphatic carbocycles. The lowest BCUT2D eigenvalue weighted by molar-refractivity contribution is 0.0697. The van der Waals surface area contributed by atoms with Gasteiger partial charge in [-0.1, -0.05) is 6.07 Å². The number of benzene rings is 2. The van der Waals surface area contributed by atoms with E-state index in [1.807, 2.05) is 11.9 Å². The SMILES string of the molecule is CN1CCN(c2ccc(C(=O)O)cc2NS(=O)(=O)c2cccc(F)c2)CC1. The maximum Gasteiger partial charge on any atom is 0.335 e. The van der Waals surface area contributed by atoms with Crippen molar-refractivity contribution in [3.8, 4) is 0 Å². The van der Waals surface area contributed by atoms with Crippen molar-refractivity contribution in [1.29, 1.82) is 0 Å². The zero-order valence-corrected chi connectivity index (χ0v) is 15.5. The Hall–Kier alpha value is -2.65. The predicted octanol–water partition coefficient (Wildman–Crippen LogP) is 2.08. The highest BCUT2D eigenvalue weighted by Gasteiger charge is 2.22. The van der Waals surface area contributed by atoms with Crippen molar-refractivity contribution in [3.63, 3.8) is 0 Å². The second-order valence-electron chi connectivity index (χ2n) is 6.39. The first-order valence-electron chi connectivity index (χ1n) is 8.35. The third-order valence-electron chi connectivity index (χ3n) is 4.44. The smallest absolute Gasteiger partial charge is 0.335 e. The van der Waals surface area contributed by atoms with Gasteiger partial charge in [0.15, 0.2) is 0 Å². The Bertz CT molecular complexity index is 957. The van der Waals surface area contributed by atoms with Gasteiger partial charge in [-0.3, -0.25) is 4.72 Å². The second kappa shape index (κ2) is 7.53. The van der Waals surface area contributed by atoms with Gasteiger partial charge in [0.05, 0.1) is 21.8 Å². The summed E-state index contributed by atoms with van der Waals surface area (Å²) in [7, 11) is -2.07. The number of rotatable bonds is 5. The topological polar surface area (TPSA) is 89.9 Å². The Kier molecular flexibility index (Phi) is 5.33. The molecular formula is C18H20FN3O4S. The van der Waals surface area contributed by atoms with Crippen LogP contribution in [0.4, 0.5) is 15.8 Å². The van der Waals surface area contributed by atoms with Crippen molar-refractivity contribution >= 4 is 27.4 Å². The van der Waals surface area contributed by atoms with Gasteiger partial charge in [-0.05, 0) is 43.4 Å². The summed E-state index contributed by atoms with van der Waals surface area (Å²) in [5, 5.41) is 9.25. The lowest BCUT2D eigenvalue weighted by atomic mass is 10.1. The highest BCUT2D eigenvalue weighted by molar-refractivity contribution is 7.92. The molecule has 1 aliphatic rings. The molecule has 27 heavy (non-hydrogen) atoms. The van der Waals surface area contributed by atoms with E-state index in [2.05, 4.69) is 9.62 Å². The maximum atomic E-state index is 13.4. The lowest BCUT2D eigenvalue weighted by Gasteiger charge is -2.35. The summed E-state index contributed by atoms with van der Waals surface area (Å²) in [5.41, 5.74) is 0.710. The summed E-state index contributed by atoms with van der Waals surface area (Å²) < 4.78 is 41.2. The van der Waals surface area contributed by atoms with Crippen LogP contribution >= 0.6 is 0 Å². The van der Waals surface area contributed by atoms with Crippen LogP contribution in [0.1, 0.15) is 10.4 Å². The van der Waals surface area contributed by atoms with Crippen molar-refractivity contribution in [1.82, 2.24) is 4.90 Å². The fourth-order valence-electron chi connectivity index (χ4n) is 2.91. The summed E-state index contributed by atoms with van der Waals surface area (Å²) >= 11 is 0. The van der Waals surface area contributed by atoms with E-state index in [0.29, 0.717) is 18.8 Å². The highest BCUT2D eigenvalue weighted by atomic mass is 32.2. The van der Waals surface area contributed by atoms with Crippen LogP contribution in [0.25, 0.3) is 0 Å². The number of nitrogens with zero attached hydrogens (tertiary/aromatic N) is 2. The molecule has 0 unspecified atom stereocenters. The first kappa shape index (κ1) is 19.1. The van der Waals surface area contributed by atoms with E-state index < -0.39 is 21.8 Å². The van der Waals surface area contributed by atoms with Crippen molar-refractivity contribution in [2.24, 2.45) is 0 Å². The molecule has 7 nitrogen and oxygen atoms in total. The molecule has 2 aromatic carbocycles. The number of hydrogen-bond donors (Lipinski definition) is 2. The fraction of sp³-hybridized carbons (Fsp3) is 0.278. The number of piperazine rings is 1. The van der Waals surface area contributed by atoms with Gasteiger partial charge < -0.3 is 14.9 Å². The Morgan fingerprint density at radius 3 is 2.44 bits per heavy atom. The van der Waals surface area contributed by atoms with Crippen molar-refractivity contribution in [3.05, 3.63) is 53.8 Å². The summed E-state index contributed by atoms with van der Waals surface area (Å²) in [6.07, 6.45) is 0. The normalized spacial score (nSPS) is 15.6. The van der Waals surface area contributed by atoms with E-state index in [1.54, 1.807) is 6.07 Å². The quantitative estimate of drug-likeness (QED) is 0.808. The van der Waals surface area contributed by atoms with E-state index in [4.69, 9.17) is 0 Å². The Balaban J connectivity index is 1.99. The average molecular weight is 393 g/mol. The van der Waals surface area contributed by atoms with Crippen LogP contribution in [0.3, 0.4) is 0 Å². The fourth-order valence-corrected chi connectivity index (χ4v) is 4.01. The van der Waals surface area contributed by atoms with Gasteiger partial charge in [0.25, 0.3) is 10.0 Å². The number of anilines is 2. The Labute approximate surface area is 157 Å². The first-order valence-corrected chi connectivity index (χ1v) is 9.84. The molecule has 0 aromatic heterocycles. The molecule has 0 spiro atoms. The number of carbonyl (C=O) groups is 1. The van der Waals surface area contributed by atoms with Crippen LogP contribution in [-0.4, -0.2) is 57.6 Å². The van der Waals surface area contributed by atoms with Crippen LogP contribution in [0.2, 0.25) is 0 Å². The number of likely N-dealkylation sites (N-methyl/N-ethyl adjacent to an activating group) is 1. The molecule has 0 radical (unpaired) electrons. The third kappa shape index (κ3) is 4.37. The molecular weight excluding hydrogens is 373 g/mol. The minimum Gasteiger partial charge on any atom is -0.478 e. The molecule has 144 valence electrons. The minimum atomic E-state index is -4.07. The molecule has 1 aliphatic heterocycles. The molecule has 3 rings (SSSR count). The van der Waals surface area contributed by atoms with Gasteiger partial charge in [0.2, 0.25) is 0 Å². The predicted molar refractivity (Wildman–Crippen MR) is 100 cm³/mol. The second-order valence-corrected chi connectivity index (χ2v) is 8.07. The van der Waals surface area contributed by atoms with Crippen LogP contribution in [0.5, 0.6) is 0 Å². The van der Waals surface area contributed by atoms with Gasteiger partial charge in [-0.25, -0.2) is 17.6 Å². The van der Waals surface area contributed by atoms with Gasteiger partial charge in [0, 0.05) is 26.2 Å². The summed E-state index contributed by atoms with van der Waals surface area (Å²) in [4.78, 5) is 15.2. The molecule has 0 saturated carbocycles. The minimum absolute atomic E-state index is 0.0372. The molecule has 1 heterocycles. The zero-order chi connectivity index (χ0) is 19.6. The van der Waals surface area contributed by atoms with Crippen LogP contribution in [0, 0.1) is 5.82 Å². The van der Waals surface area contributed by atoms with Gasteiger partial charge in [0.1, 0.15) is 5.82 Å². The highest BCUT2D eigenvalue weighted by Crippen LogP contribution is 2.30. The van der Waals surface area contributed by atoms with Gasteiger partial charge in [-0.2, -0.15) is 0 Å². The Morgan fingerprint density at radius 1 is 1.11 bits per heavy atom. The monoisotopic (exact) mass is 393 g/mol. The maximum absolute atomic E-state index is 13.4. The summed E-state index contributed by atoms with van der Waals surface area (Å²) in [6.45, 7) is 2.96. The van der Waals surface area contributed by atoms with Gasteiger partial charge in [-0.15, -0.1) is 0 Å². The summed E-state index contributed by atoms with van der Waals surface area (Å²) in [5.74, 6) is -1.83. The molecule has 1 fully saturated rings. The number of sulfonamides is 1. The van der Waals surface area contributed by atoms with E-state index in [9.17, 15) is 22.7 Å². The molecule has 1 saturated heterocycles. The molecule has 2 aromatic rings. The molecule has 9 heteroatoms. The number of halogens is 1.